The number of carbonyl (C=O) groups excluding carboxylic acids is 5. The van der Waals surface area contributed by atoms with Crippen molar-refractivity contribution in [3.8, 4) is 23.0 Å². The van der Waals surface area contributed by atoms with Crippen molar-refractivity contribution in [1.29, 1.82) is 0 Å². The van der Waals surface area contributed by atoms with Crippen molar-refractivity contribution in [1.82, 2.24) is 51.0 Å². The number of amides is 5. The monoisotopic (exact) mass is 948 g/mol. The first-order valence-corrected chi connectivity index (χ1v) is 21.7. The third-order valence-electron chi connectivity index (χ3n) is 9.45. The molecule has 27 heteroatoms. The van der Waals surface area contributed by atoms with E-state index in [0.717, 1.165) is 34.4 Å². The number of thiazole rings is 1. The molecule has 0 saturated carbocycles. The van der Waals surface area contributed by atoms with Crippen LogP contribution in [-0.4, -0.2) is 125 Å². The number of rotatable bonds is 14. The van der Waals surface area contributed by atoms with Gasteiger partial charge in [-0.05, 0) is 68.8 Å². The number of aromatic hydroxyl groups is 4. The molecule has 0 radical (unpaired) electrons. The SMILES string of the molecule is Cc1cc(SCC2=C(C(=O)O)N3C(=O)[C@@H](NC(=O)C(=NOC(C)(C)C(=O)NNC(=O)c4ccc(O)c(O)c4)c4csc(N)n4)[C@H]3SC2)n2nc(CNC(=O)c3ccc(O)c(O)c3)nc2n1. The number of nitrogens with one attached hydrogen (secondary N) is 4. The smallest absolute Gasteiger partial charge is 0.352 e. The molecule has 0 aliphatic carbocycles. The lowest BCUT2D eigenvalue weighted by Crippen LogP contribution is -2.71. The second-order valence-electron chi connectivity index (χ2n) is 14.5. The first kappa shape index (κ1) is 45.4. The molecule has 3 aromatic heterocycles. The van der Waals surface area contributed by atoms with Crippen molar-refractivity contribution in [3.63, 3.8) is 0 Å². The number of aliphatic carboxylic acids is 1. The molecule has 338 valence electrons. The average Bonchev–Trinajstić information content (AvgIpc) is 3.89. The van der Waals surface area contributed by atoms with Crippen LogP contribution in [0, 0.1) is 6.92 Å². The minimum absolute atomic E-state index is 0.0563. The molecule has 65 heavy (non-hydrogen) atoms. The molecule has 5 heterocycles. The van der Waals surface area contributed by atoms with E-state index in [9.17, 15) is 54.3 Å². The Hall–Kier alpha value is -7.65. The largest absolute Gasteiger partial charge is 0.504 e. The number of aryl methyl sites for hydroxylation is 1. The molecule has 0 bridgehead atoms. The minimum atomic E-state index is -1.84. The molecule has 2 aromatic carbocycles. The number of benzene rings is 2. The number of nitrogens with two attached hydrogens (primary N) is 1. The van der Waals surface area contributed by atoms with E-state index in [4.69, 9.17) is 10.6 Å². The van der Waals surface area contributed by atoms with Gasteiger partial charge in [0.15, 0.2) is 39.7 Å². The van der Waals surface area contributed by atoms with Crippen LogP contribution in [0.5, 0.6) is 23.0 Å². The van der Waals surface area contributed by atoms with Gasteiger partial charge in [-0.25, -0.2) is 14.8 Å². The number of hydrazine groups is 1. The molecular weight excluding hydrogens is 913 g/mol. The molecule has 0 spiro atoms. The van der Waals surface area contributed by atoms with Crippen LogP contribution in [-0.2, 0) is 30.6 Å². The Morgan fingerprint density at radius 2 is 1.63 bits per heavy atom. The molecule has 5 amide bonds. The number of hydrogen-bond acceptors (Lipinski definition) is 20. The molecule has 5 aromatic rings. The number of aromatic nitrogens is 5. The number of phenols is 4. The predicted molar refractivity (Wildman–Crippen MR) is 230 cm³/mol. The number of carboxylic acids is 1. The van der Waals surface area contributed by atoms with Crippen LogP contribution in [0.1, 0.15) is 51.8 Å². The Morgan fingerprint density at radius 1 is 0.954 bits per heavy atom. The van der Waals surface area contributed by atoms with E-state index >= 15 is 0 Å². The lowest BCUT2D eigenvalue weighted by atomic mass is 10.0. The summed E-state index contributed by atoms with van der Waals surface area (Å²) in [6.45, 7) is 4.17. The maximum atomic E-state index is 13.8. The van der Waals surface area contributed by atoms with Crippen molar-refractivity contribution in [2.75, 3.05) is 17.2 Å². The fraction of sp³-hybridized carbons (Fsp3) is 0.237. The highest BCUT2D eigenvalue weighted by molar-refractivity contribution is 8.01. The van der Waals surface area contributed by atoms with Crippen LogP contribution in [0.3, 0.4) is 0 Å². The van der Waals surface area contributed by atoms with Crippen LogP contribution < -0.4 is 27.2 Å². The summed E-state index contributed by atoms with van der Waals surface area (Å²) in [6, 6.07) is 7.38. The van der Waals surface area contributed by atoms with Crippen LogP contribution in [0.25, 0.3) is 5.78 Å². The summed E-state index contributed by atoms with van der Waals surface area (Å²) in [5.74, 6) is -6.57. The first-order valence-electron chi connectivity index (χ1n) is 18.8. The van der Waals surface area contributed by atoms with Gasteiger partial charge in [-0.2, -0.15) is 9.50 Å². The van der Waals surface area contributed by atoms with Crippen LogP contribution in [0.4, 0.5) is 5.13 Å². The molecule has 1 fully saturated rings. The van der Waals surface area contributed by atoms with Crippen molar-refractivity contribution < 1.29 is 59.1 Å². The predicted octanol–water partition coefficient (Wildman–Crippen LogP) is 0.715. The van der Waals surface area contributed by atoms with E-state index in [1.54, 1.807) is 13.0 Å². The Balaban J connectivity index is 1.01. The van der Waals surface area contributed by atoms with Crippen molar-refractivity contribution in [2.45, 2.75) is 49.4 Å². The molecule has 0 unspecified atom stereocenters. The topological polar surface area (TPSA) is 359 Å². The fourth-order valence-electron chi connectivity index (χ4n) is 6.07. The highest BCUT2D eigenvalue weighted by Gasteiger charge is 2.54. The Kier molecular flexibility index (Phi) is 12.7. The van der Waals surface area contributed by atoms with Gasteiger partial charge in [0.2, 0.25) is 5.60 Å². The average molecular weight is 949 g/mol. The van der Waals surface area contributed by atoms with Gasteiger partial charge >= 0.3 is 5.97 Å². The summed E-state index contributed by atoms with van der Waals surface area (Å²) in [5.41, 5.74) is 8.43. The van der Waals surface area contributed by atoms with E-state index in [2.05, 4.69) is 46.7 Å². The van der Waals surface area contributed by atoms with Gasteiger partial charge in [0.05, 0.1) is 6.54 Å². The Labute approximate surface area is 377 Å². The number of carboxylic acid groups (broad SMARTS) is 1. The highest BCUT2D eigenvalue weighted by Crippen LogP contribution is 2.42. The molecule has 2 aliphatic rings. The standard InChI is InChI=1S/C38H36N12O12S3/c1-15-8-25(50-37(41-15)43-24(47-50)11-40-29(55)16-4-6-20(51)22(53)9-16)63-12-18-13-64-33-27(32(58)49(33)28(18)34(59)60)44-31(57)26(19-14-65-36(39)42-19)48-62-38(2,3)35(61)46-45-30(56)17-5-7-21(52)23(54)10-17/h4-10,14,27,33,51-54H,11-13H2,1-3H3,(H2,39,42)(H,40,55)(H,44,57)(H,45,56)(H,46,61)(H,59,60)/t27-,33-/m1/s1. The highest BCUT2D eigenvalue weighted by atomic mass is 32.2. The van der Waals surface area contributed by atoms with E-state index < -0.39 is 75.5 Å². The Morgan fingerprint density at radius 3 is 2.26 bits per heavy atom. The van der Waals surface area contributed by atoms with E-state index in [0.29, 0.717) is 16.3 Å². The third kappa shape index (κ3) is 9.65. The van der Waals surface area contributed by atoms with Crippen molar-refractivity contribution in [2.24, 2.45) is 5.16 Å². The summed E-state index contributed by atoms with van der Waals surface area (Å²) >= 11 is 3.39. The van der Waals surface area contributed by atoms with Crippen LogP contribution >= 0.6 is 34.9 Å². The minimum Gasteiger partial charge on any atom is -0.504 e. The molecule has 1 saturated heterocycles. The van der Waals surface area contributed by atoms with E-state index in [1.165, 1.54) is 65.5 Å². The number of anilines is 1. The maximum absolute atomic E-state index is 13.8. The zero-order chi connectivity index (χ0) is 46.9. The number of carbonyl (C=O) groups is 6. The molecule has 11 N–H and O–H groups in total. The van der Waals surface area contributed by atoms with Crippen molar-refractivity contribution >= 4 is 87.0 Å². The zero-order valence-electron chi connectivity index (χ0n) is 33.9. The summed E-state index contributed by atoms with van der Waals surface area (Å²) in [6.07, 6.45) is 0. The second kappa shape index (κ2) is 18.2. The van der Waals surface area contributed by atoms with Crippen LogP contribution in [0.15, 0.2) is 69.3 Å². The zero-order valence-corrected chi connectivity index (χ0v) is 36.4. The summed E-state index contributed by atoms with van der Waals surface area (Å²) in [7, 11) is 0. The quantitative estimate of drug-likeness (QED) is 0.0183. The summed E-state index contributed by atoms with van der Waals surface area (Å²) in [4.78, 5) is 97.7. The molecular formula is C38H36N12O12S3. The van der Waals surface area contributed by atoms with Gasteiger partial charge in [-0.1, -0.05) is 5.16 Å². The van der Waals surface area contributed by atoms with Gasteiger partial charge in [0, 0.05) is 33.7 Å². The molecule has 2 atom stereocenters. The lowest BCUT2D eigenvalue weighted by Gasteiger charge is -2.49. The number of nitrogens with zero attached hydrogens (tertiary/aromatic N) is 7. The van der Waals surface area contributed by atoms with Gasteiger partial charge in [-0.15, -0.1) is 40.0 Å². The summed E-state index contributed by atoms with van der Waals surface area (Å²) < 4.78 is 1.43. The molecule has 24 nitrogen and oxygen atoms in total. The number of hydrogen-bond donors (Lipinski definition) is 10. The lowest BCUT2D eigenvalue weighted by molar-refractivity contribution is -0.150. The van der Waals surface area contributed by atoms with Gasteiger partial charge < -0.3 is 46.7 Å². The van der Waals surface area contributed by atoms with Crippen LogP contribution in [0.2, 0.25) is 0 Å². The summed E-state index contributed by atoms with van der Waals surface area (Å²) in [5, 5.41) is 63.5. The number of oxime groups is 1. The number of phenolic OH excluding ortho intramolecular Hbond substituents is 4. The van der Waals surface area contributed by atoms with E-state index in [-0.39, 0.29) is 63.1 Å². The Bertz CT molecular complexity index is 2860. The number of nitrogen functional groups attached to an aromatic ring is 1. The first-order chi connectivity index (χ1) is 30.8. The van der Waals surface area contributed by atoms with Gasteiger partial charge in [-0.3, -0.25) is 39.7 Å². The van der Waals surface area contributed by atoms with Gasteiger partial charge in [0.1, 0.15) is 27.8 Å². The molecule has 2 aliphatic heterocycles. The van der Waals surface area contributed by atoms with Crippen molar-refractivity contribution in [3.05, 3.63) is 87.5 Å². The molecule has 7 rings (SSSR count). The number of β-lactam (4-membered cyclic amide) rings is 1. The number of fused-ring (bicyclic) bond motifs is 2. The second-order valence-corrected chi connectivity index (χ2v) is 17.5. The normalized spacial score (nSPS) is 16.1. The van der Waals surface area contributed by atoms with Gasteiger partial charge in [0.25, 0.3) is 35.3 Å². The number of thioether (sulfide) groups is 2. The van der Waals surface area contributed by atoms with E-state index in [1.807, 2.05) is 0 Å². The maximum Gasteiger partial charge on any atom is 0.352 e. The third-order valence-corrected chi connectivity index (χ3v) is 12.5. The fourth-order valence-corrected chi connectivity index (χ4v) is 9.15.